The third-order valence-corrected chi connectivity index (χ3v) is 2.57. The minimum atomic E-state index is -0.631. The Kier molecular flexibility index (Phi) is 3.88. The number of nitro groups is 1. The quantitative estimate of drug-likeness (QED) is 0.502. The number of hydrazine groups is 1. The number of nitrogen functional groups attached to an aromatic ring is 1. The molecular formula is C10H8BrN5O3. The molecule has 0 amide bonds. The first kappa shape index (κ1) is 13.2. The van der Waals surface area contributed by atoms with Crippen LogP contribution in [0.25, 0.3) is 0 Å². The first-order valence-corrected chi connectivity index (χ1v) is 5.81. The van der Waals surface area contributed by atoms with Gasteiger partial charge in [-0.05, 0) is 18.2 Å². The predicted octanol–water partition coefficient (Wildman–Crippen LogP) is 2.23. The third-order valence-electron chi connectivity index (χ3n) is 2.07. The molecule has 98 valence electrons. The van der Waals surface area contributed by atoms with Crippen LogP contribution in [-0.4, -0.2) is 14.9 Å². The van der Waals surface area contributed by atoms with E-state index in [9.17, 15) is 10.1 Å². The van der Waals surface area contributed by atoms with Crippen molar-refractivity contribution >= 4 is 27.6 Å². The van der Waals surface area contributed by atoms with Crippen LogP contribution < -0.4 is 16.0 Å². The normalized spacial score (nSPS) is 10.0. The Labute approximate surface area is 115 Å². The monoisotopic (exact) mass is 325 g/mol. The number of hydrogen-bond acceptors (Lipinski definition) is 7. The van der Waals surface area contributed by atoms with Crippen LogP contribution in [0.5, 0.6) is 11.6 Å². The summed E-state index contributed by atoms with van der Waals surface area (Å²) in [5.41, 5.74) is 1.85. The van der Waals surface area contributed by atoms with Crippen molar-refractivity contribution in [2.45, 2.75) is 0 Å². The second-order valence-electron chi connectivity index (χ2n) is 3.34. The smallest absolute Gasteiger partial charge is 0.349 e. The van der Waals surface area contributed by atoms with Crippen LogP contribution in [-0.2, 0) is 0 Å². The van der Waals surface area contributed by atoms with E-state index in [0.717, 1.165) is 10.7 Å². The van der Waals surface area contributed by atoms with Crippen molar-refractivity contribution < 1.29 is 9.66 Å². The number of rotatable bonds is 4. The molecule has 0 saturated heterocycles. The molecule has 1 aromatic heterocycles. The van der Waals surface area contributed by atoms with E-state index in [4.69, 9.17) is 10.6 Å². The summed E-state index contributed by atoms with van der Waals surface area (Å²) < 4.78 is 6.15. The zero-order chi connectivity index (χ0) is 13.8. The van der Waals surface area contributed by atoms with E-state index in [2.05, 4.69) is 31.3 Å². The van der Waals surface area contributed by atoms with Gasteiger partial charge in [-0.3, -0.25) is 15.5 Å². The molecule has 0 spiro atoms. The highest BCUT2D eigenvalue weighted by atomic mass is 79.9. The summed E-state index contributed by atoms with van der Waals surface area (Å²) in [5, 5.41) is 10.9. The Morgan fingerprint density at radius 1 is 1.47 bits per heavy atom. The topological polar surface area (TPSA) is 116 Å². The molecule has 2 aromatic rings. The van der Waals surface area contributed by atoms with Gasteiger partial charge in [-0.15, -0.1) is 0 Å². The first-order chi connectivity index (χ1) is 9.10. The summed E-state index contributed by atoms with van der Waals surface area (Å²) in [4.78, 5) is 17.7. The number of aromatic nitrogens is 2. The fourth-order valence-electron chi connectivity index (χ4n) is 1.27. The molecule has 0 aliphatic heterocycles. The van der Waals surface area contributed by atoms with Crippen molar-refractivity contribution in [1.29, 1.82) is 0 Å². The van der Waals surface area contributed by atoms with Gasteiger partial charge in [0.1, 0.15) is 11.9 Å². The molecule has 0 radical (unpaired) electrons. The van der Waals surface area contributed by atoms with Gasteiger partial charge in [-0.2, -0.15) is 4.98 Å². The molecular weight excluding hydrogens is 318 g/mol. The second-order valence-corrected chi connectivity index (χ2v) is 4.26. The van der Waals surface area contributed by atoms with E-state index in [-0.39, 0.29) is 17.5 Å². The lowest BCUT2D eigenvalue weighted by Gasteiger charge is -2.06. The van der Waals surface area contributed by atoms with Gasteiger partial charge >= 0.3 is 11.6 Å². The van der Waals surface area contributed by atoms with Crippen molar-refractivity contribution in [2.75, 3.05) is 5.43 Å². The molecule has 0 aliphatic carbocycles. The van der Waals surface area contributed by atoms with Crippen molar-refractivity contribution in [2.24, 2.45) is 5.84 Å². The van der Waals surface area contributed by atoms with E-state index in [1.807, 2.05) is 0 Å². The number of nitrogens with two attached hydrogens (primary N) is 1. The predicted molar refractivity (Wildman–Crippen MR) is 70.7 cm³/mol. The fourth-order valence-corrected chi connectivity index (χ4v) is 1.65. The molecule has 9 heteroatoms. The molecule has 0 fully saturated rings. The SMILES string of the molecule is NNc1ncc([N+](=O)[O-])c(Oc2cccc(Br)c2)n1. The van der Waals surface area contributed by atoms with E-state index < -0.39 is 4.92 Å². The van der Waals surface area contributed by atoms with E-state index in [1.165, 1.54) is 0 Å². The van der Waals surface area contributed by atoms with E-state index in [1.54, 1.807) is 24.3 Å². The van der Waals surface area contributed by atoms with Gasteiger partial charge < -0.3 is 4.74 Å². The van der Waals surface area contributed by atoms with Gasteiger partial charge in [0.2, 0.25) is 5.95 Å². The number of nitrogens with one attached hydrogen (secondary N) is 1. The highest BCUT2D eigenvalue weighted by Crippen LogP contribution is 2.30. The fraction of sp³-hybridized carbons (Fsp3) is 0. The molecule has 0 bridgehead atoms. The van der Waals surface area contributed by atoms with Crippen LogP contribution in [0.1, 0.15) is 0 Å². The van der Waals surface area contributed by atoms with Crippen LogP contribution >= 0.6 is 15.9 Å². The third kappa shape index (κ3) is 3.14. The van der Waals surface area contributed by atoms with Crippen LogP contribution in [0.15, 0.2) is 34.9 Å². The zero-order valence-electron chi connectivity index (χ0n) is 9.41. The van der Waals surface area contributed by atoms with Gasteiger partial charge in [-0.1, -0.05) is 22.0 Å². The number of nitrogens with zero attached hydrogens (tertiary/aromatic N) is 3. The molecule has 2 rings (SSSR count). The highest BCUT2D eigenvalue weighted by Gasteiger charge is 2.19. The average molecular weight is 326 g/mol. The maximum atomic E-state index is 10.9. The van der Waals surface area contributed by atoms with Gasteiger partial charge in [0.05, 0.1) is 4.92 Å². The summed E-state index contributed by atoms with van der Waals surface area (Å²) >= 11 is 3.27. The lowest BCUT2D eigenvalue weighted by molar-refractivity contribution is -0.386. The molecule has 8 nitrogen and oxygen atoms in total. The minimum Gasteiger partial charge on any atom is -0.434 e. The van der Waals surface area contributed by atoms with E-state index in [0.29, 0.717) is 5.75 Å². The number of halogens is 1. The Bertz CT molecular complexity index is 622. The number of anilines is 1. The van der Waals surface area contributed by atoms with Gasteiger partial charge in [0, 0.05) is 4.47 Å². The molecule has 19 heavy (non-hydrogen) atoms. The van der Waals surface area contributed by atoms with Gasteiger partial charge in [-0.25, -0.2) is 10.8 Å². The highest BCUT2D eigenvalue weighted by molar-refractivity contribution is 9.10. The molecule has 0 unspecified atom stereocenters. The molecule has 0 atom stereocenters. The lowest BCUT2D eigenvalue weighted by atomic mass is 10.3. The number of benzene rings is 1. The van der Waals surface area contributed by atoms with Crippen molar-refractivity contribution in [3.8, 4) is 11.6 Å². The standard InChI is InChI=1S/C10H8BrN5O3/c11-6-2-1-3-7(4-6)19-9-8(16(17)18)5-13-10(14-9)15-12/h1-5H,12H2,(H,13,14,15). The zero-order valence-corrected chi connectivity index (χ0v) is 11.0. The summed E-state index contributed by atoms with van der Waals surface area (Å²) in [6.45, 7) is 0. The maximum Gasteiger partial charge on any atom is 0.349 e. The number of hydrogen-bond donors (Lipinski definition) is 2. The van der Waals surface area contributed by atoms with Gasteiger partial charge in [0.25, 0.3) is 0 Å². The van der Waals surface area contributed by atoms with Crippen molar-refractivity contribution in [3.05, 3.63) is 45.0 Å². The Hall–Kier alpha value is -2.26. The lowest BCUT2D eigenvalue weighted by Crippen LogP contribution is -2.11. The molecule has 0 aliphatic rings. The average Bonchev–Trinajstić information content (AvgIpc) is 2.38. The van der Waals surface area contributed by atoms with Crippen molar-refractivity contribution in [1.82, 2.24) is 9.97 Å². The largest absolute Gasteiger partial charge is 0.434 e. The maximum absolute atomic E-state index is 10.9. The summed E-state index contributed by atoms with van der Waals surface area (Å²) in [7, 11) is 0. The molecule has 0 saturated carbocycles. The first-order valence-electron chi connectivity index (χ1n) is 5.01. The molecule has 1 aromatic carbocycles. The Morgan fingerprint density at radius 3 is 2.89 bits per heavy atom. The summed E-state index contributed by atoms with van der Waals surface area (Å²) in [6.07, 6.45) is 1.02. The molecule has 1 heterocycles. The Morgan fingerprint density at radius 2 is 2.26 bits per heavy atom. The van der Waals surface area contributed by atoms with Crippen LogP contribution in [0.2, 0.25) is 0 Å². The van der Waals surface area contributed by atoms with E-state index >= 15 is 0 Å². The van der Waals surface area contributed by atoms with Crippen LogP contribution in [0.3, 0.4) is 0 Å². The molecule has 3 N–H and O–H groups in total. The summed E-state index contributed by atoms with van der Waals surface area (Å²) in [5.74, 6) is 5.39. The second kappa shape index (κ2) is 5.59. The minimum absolute atomic E-state index is 0.0237. The van der Waals surface area contributed by atoms with Crippen LogP contribution in [0.4, 0.5) is 11.6 Å². The van der Waals surface area contributed by atoms with Crippen LogP contribution in [0, 0.1) is 10.1 Å². The van der Waals surface area contributed by atoms with Gasteiger partial charge in [0.15, 0.2) is 0 Å². The Balaban J connectivity index is 2.39. The number of ether oxygens (including phenoxy) is 1. The van der Waals surface area contributed by atoms with Crippen molar-refractivity contribution in [3.63, 3.8) is 0 Å². The summed E-state index contributed by atoms with van der Waals surface area (Å²) in [6, 6.07) is 6.83.